The van der Waals surface area contributed by atoms with E-state index in [0.29, 0.717) is 23.7 Å². The molecule has 0 aliphatic rings. The molecule has 0 unspecified atom stereocenters. The molecular weight excluding hydrogens is 354 g/mol. The predicted molar refractivity (Wildman–Crippen MR) is 90.7 cm³/mol. The molecule has 6 nitrogen and oxygen atoms in total. The van der Waals surface area contributed by atoms with E-state index >= 15 is 0 Å². The molecule has 0 spiro atoms. The maximum atomic E-state index is 12.2. The summed E-state index contributed by atoms with van der Waals surface area (Å²) in [5, 5.41) is 3.15. The topological polar surface area (TPSA) is 85.6 Å². The number of ether oxygens (including phenoxy) is 1. The van der Waals surface area contributed by atoms with Gasteiger partial charge in [-0.05, 0) is 29.8 Å². The summed E-state index contributed by atoms with van der Waals surface area (Å²) in [6.07, 6.45) is 0. The van der Waals surface area contributed by atoms with E-state index < -0.39 is 15.7 Å². The highest BCUT2D eigenvalue weighted by molar-refractivity contribution is 7.89. The van der Waals surface area contributed by atoms with Gasteiger partial charge in [-0.15, -0.1) is 0 Å². The van der Waals surface area contributed by atoms with E-state index in [0.717, 1.165) is 0 Å². The van der Waals surface area contributed by atoms with Crippen molar-refractivity contribution in [1.29, 1.82) is 0 Å². The van der Waals surface area contributed by atoms with Gasteiger partial charge in [0.15, 0.2) is 15.6 Å². The third kappa shape index (κ3) is 5.67. The Balaban J connectivity index is 1.97. The lowest BCUT2D eigenvalue weighted by molar-refractivity contribution is 0.0908. The van der Waals surface area contributed by atoms with E-state index in [-0.39, 0.29) is 23.0 Å². The number of hydrogen-bond acceptors (Lipinski definition) is 5. The fourth-order valence-electron chi connectivity index (χ4n) is 2.03. The molecule has 1 N–H and O–H groups in total. The van der Waals surface area contributed by atoms with Gasteiger partial charge in [0.1, 0.15) is 11.5 Å². The van der Waals surface area contributed by atoms with Crippen molar-refractivity contribution in [3.63, 3.8) is 0 Å². The van der Waals surface area contributed by atoms with Crippen LogP contribution in [0.4, 0.5) is 0 Å². The van der Waals surface area contributed by atoms with Gasteiger partial charge in [-0.1, -0.05) is 23.7 Å². The van der Waals surface area contributed by atoms with Crippen LogP contribution in [0.3, 0.4) is 0 Å². The van der Waals surface area contributed by atoms with Crippen LogP contribution < -0.4 is 5.32 Å². The molecule has 1 amide bonds. The number of halogens is 1. The molecule has 0 saturated carbocycles. The van der Waals surface area contributed by atoms with Gasteiger partial charge in [-0.25, -0.2) is 8.42 Å². The van der Waals surface area contributed by atoms with E-state index in [2.05, 4.69) is 5.32 Å². The highest BCUT2D eigenvalue weighted by atomic mass is 35.5. The molecule has 0 aliphatic heterocycles. The highest BCUT2D eigenvalue weighted by Gasteiger charge is 2.18. The van der Waals surface area contributed by atoms with Crippen molar-refractivity contribution < 1.29 is 22.4 Å². The van der Waals surface area contributed by atoms with Crippen molar-refractivity contribution in [3.05, 3.63) is 58.5 Å². The third-order valence-corrected chi connectivity index (χ3v) is 4.89. The van der Waals surface area contributed by atoms with E-state index in [1.807, 2.05) is 0 Å². The second-order valence-corrected chi connectivity index (χ2v) is 7.67. The fraction of sp³-hybridized carbons (Fsp3) is 0.312. The first-order valence-corrected chi connectivity index (χ1v) is 9.40. The number of hydrogen-bond donors (Lipinski definition) is 1. The first kappa shape index (κ1) is 18.5. The van der Waals surface area contributed by atoms with Gasteiger partial charge in [0.2, 0.25) is 0 Å². The summed E-state index contributed by atoms with van der Waals surface area (Å²) in [6, 6.07) is 9.55. The molecule has 0 aliphatic carbocycles. The first-order valence-electron chi connectivity index (χ1n) is 7.20. The summed E-state index contributed by atoms with van der Waals surface area (Å²) in [5.41, 5.74) is 0.642. The number of rotatable bonds is 8. The minimum absolute atomic E-state index is 0.0720. The lowest BCUT2D eigenvalue weighted by Crippen LogP contribution is -2.26. The number of carbonyl (C=O) groups excluding carboxylic acids is 1. The Morgan fingerprint density at radius 1 is 1.17 bits per heavy atom. The Hall–Kier alpha value is -1.83. The van der Waals surface area contributed by atoms with Crippen molar-refractivity contribution in [2.45, 2.75) is 11.5 Å². The molecule has 1 aromatic heterocycles. The first-order chi connectivity index (χ1) is 11.4. The van der Waals surface area contributed by atoms with E-state index in [9.17, 15) is 13.2 Å². The number of furan rings is 1. The molecule has 1 aromatic carbocycles. The quantitative estimate of drug-likeness (QED) is 0.720. The minimum Gasteiger partial charge on any atom is -0.455 e. The van der Waals surface area contributed by atoms with Crippen LogP contribution in [0.15, 0.2) is 40.8 Å². The zero-order valence-corrected chi connectivity index (χ0v) is 14.7. The fourth-order valence-corrected chi connectivity index (χ4v) is 3.55. The molecule has 2 rings (SSSR count). The van der Waals surface area contributed by atoms with Gasteiger partial charge in [0.05, 0.1) is 12.4 Å². The van der Waals surface area contributed by atoms with Gasteiger partial charge in [-0.3, -0.25) is 4.79 Å². The number of methoxy groups -OCH3 is 1. The zero-order chi connectivity index (χ0) is 17.6. The Bertz CT molecular complexity index is 783. The normalized spacial score (nSPS) is 11.4. The number of benzene rings is 1. The minimum atomic E-state index is -3.42. The molecule has 8 heteroatoms. The van der Waals surface area contributed by atoms with E-state index in [1.165, 1.54) is 19.2 Å². The van der Waals surface area contributed by atoms with Crippen molar-refractivity contribution in [2.75, 3.05) is 20.3 Å². The smallest absolute Gasteiger partial charge is 0.287 e. The Kier molecular flexibility index (Phi) is 6.42. The lowest BCUT2D eigenvalue weighted by Gasteiger charge is -2.04. The molecule has 0 atom stereocenters. The van der Waals surface area contributed by atoms with Gasteiger partial charge < -0.3 is 14.5 Å². The van der Waals surface area contributed by atoms with Crippen LogP contribution in [0, 0.1) is 0 Å². The van der Waals surface area contributed by atoms with Gasteiger partial charge >= 0.3 is 0 Å². The monoisotopic (exact) mass is 371 g/mol. The van der Waals surface area contributed by atoms with Crippen LogP contribution in [0.25, 0.3) is 0 Å². The van der Waals surface area contributed by atoms with Gasteiger partial charge in [0, 0.05) is 18.7 Å². The molecule has 1 heterocycles. The summed E-state index contributed by atoms with van der Waals surface area (Å²) < 4.78 is 34.6. The Morgan fingerprint density at radius 3 is 2.54 bits per heavy atom. The van der Waals surface area contributed by atoms with Crippen molar-refractivity contribution in [1.82, 2.24) is 5.32 Å². The molecule has 0 bridgehead atoms. The predicted octanol–water partition coefficient (Wildman–Crippen LogP) is 2.42. The Morgan fingerprint density at radius 2 is 1.88 bits per heavy atom. The lowest BCUT2D eigenvalue weighted by atomic mass is 10.2. The second kappa shape index (κ2) is 8.32. The van der Waals surface area contributed by atoms with Crippen LogP contribution in [0.2, 0.25) is 5.02 Å². The van der Waals surface area contributed by atoms with Crippen molar-refractivity contribution in [3.8, 4) is 0 Å². The van der Waals surface area contributed by atoms with Crippen LogP contribution in [-0.2, 0) is 26.1 Å². The summed E-state index contributed by atoms with van der Waals surface area (Å²) in [7, 11) is -1.89. The largest absolute Gasteiger partial charge is 0.455 e. The molecular formula is C16H18ClNO5S. The summed E-state index contributed by atoms with van der Waals surface area (Å²) in [6.45, 7) is 0.731. The van der Waals surface area contributed by atoms with Crippen molar-refractivity contribution in [2.24, 2.45) is 0 Å². The highest BCUT2D eigenvalue weighted by Crippen LogP contribution is 2.17. The number of sulfone groups is 1. The van der Waals surface area contributed by atoms with E-state index in [4.69, 9.17) is 20.8 Å². The van der Waals surface area contributed by atoms with Crippen molar-refractivity contribution >= 4 is 27.3 Å². The average molecular weight is 372 g/mol. The number of carbonyl (C=O) groups is 1. The SMILES string of the molecule is COCCNC(=O)c1ccc(CS(=O)(=O)Cc2ccc(Cl)cc2)o1. The van der Waals surface area contributed by atoms with Gasteiger partial charge in [0.25, 0.3) is 5.91 Å². The molecule has 130 valence electrons. The van der Waals surface area contributed by atoms with Crippen LogP contribution in [0.5, 0.6) is 0 Å². The number of amides is 1. The van der Waals surface area contributed by atoms with Gasteiger partial charge in [-0.2, -0.15) is 0 Å². The van der Waals surface area contributed by atoms with Crippen LogP contribution >= 0.6 is 11.6 Å². The summed E-state index contributed by atoms with van der Waals surface area (Å²) in [5.74, 6) is -0.515. The van der Waals surface area contributed by atoms with E-state index in [1.54, 1.807) is 24.3 Å². The third-order valence-electron chi connectivity index (χ3n) is 3.14. The zero-order valence-electron chi connectivity index (χ0n) is 13.1. The second-order valence-electron chi connectivity index (χ2n) is 5.17. The average Bonchev–Trinajstić information content (AvgIpc) is 2.97. The van der Waals surface area contributed by atoms with Crippen LogP contribution in [-0.4, -0.2) is 34.6 Å². The molecule has 24 heavy (non-hydrogen) atoms. The molecule has 0 fully saturated rings. The van der Waals surface area contributed by atoms with Crippen LogP contribution in [0.1, 0.15) is 21.9 Å². The number of nitrogens with one attached hydrogen (secondary N) is 1. The Labute approximate surface area is 145 Å². The molecule has 0 saturated heterocycles. The summed E-state index contributed by atoms with van der Waals surface area (Å²) in [4.78, 5) is 11.8. The molecule has 2 aromatic rings. The standard InChI is InChI=1S/C16H18ClNO5S/c1-22-9-8-18-16(19)15-7-6-14(23-15)11-24(20,21)10-12-2-4-13(17)5-3-12/h2-7H,8-11H2,1H3,(H,18,19). The maximum absolute atomic E-state index is 12.2. The molecule has 0 radical (unpaired) electrons. The maximum Gasteiger partial charge on any atom is 0.287 e. The summed E-state index contributed by atoms with van der Waals surface area (Å²) >= 11 is 5.78.